The van der Waals surface area contributed by atoms with Gasteiger partial charge in [0.2, 0.25) is 5.91 Å². The Labute approximate surface area is 229 Å². The average molecular weight is 530 g/mol. The number of hydrogen-bond acceptors (Lipinski definition) is 7. The number of fused-ring (bicyclic) bond motifs is 2. The van der Waals surface area contributed by atoms with Crippen LogP contribution in [0.1, 0.15) is 19.3 Å². The fraction of sp³-hybridized carbons (Fsp3) is 0.200. The molecule has 1 aliphatic heterocycles. The lowest BCUT2D eigenvalue weighted by molar-refractivity contribution is -0.117. The Balaban J connectivity index is 1.19. The van der Waals surface area contributed by atoms with Crippen molar-refractivity contribution in [2.45, 2.75) is 19.3 Å². The quantitative estimate of drug-likeness (QED) is 0.239. The number of aromatic nitrogens is 7. The summed E-state index contributed by atoms with van der Waals surface area (Å²) in [6.07, 6.45) is 13.1. The van der Waals surface area contributed by atoms with Gasteiger partial charge in [-0.05, 0) is 68.2 Å². The maximum absolute atomic E-state index is 12.7. The number of nitrogens with one attached hydrogen (secondary N) is 4. The Morgan fingerprint density at radius 1 is 0.850 bits per heavy atom. The highest BCUT2D eigenvalue weighted by atomic mass is 16.1. The van der Waals surface area contributed by atoms with Gasteiger partial charge in [-0.2, -0.15) is 5.10 Å². The van der Waals surface area contributed by atoms with E-state index in [9.17, 15) is 4.79 Å². The summed E-state index contributed by atoms with van der Waals surface area (Å²) in [7, 11) is 0. The van der Waals surface area contributed by atoms with Crippen molar-refractivity contribution in [1.29, 1.82) is 0 Å². The third kappa shape index (κ3) is 4.69. The minimum atomic E-state index is 0.0193. The van der Waals surface area contributed by atoms with Gasteiger partial charge < -0.3 is 15.6 Å². The molecule has 4 N–H and O–H groups in total. The van der Waals surface area contributed by atoms with E-state index in [1.54, 1.807) is 37.2 Å². The monoisotopic (exact) mass is 529 g/mol. The van der Waals surface area contributed by atoms with E-state index in [4.69, 9.17) is 0 Å². The Morgan fingerprint density at radius 3 is 2.58 bits per heavy atom. The minimum absolute atomic E-state index is 0.0193. The molecule has 0 radical (unpaired) electrons. The SMILES string of the molecule is O=C(CC1CCNCC1)Nc1cncc(-c2cc3c(-c4cc5c(-c6ccncc6)nccc5[nH]4)n[nH]c3cn2)c1. The normalized spacial score (nSPS) is 14.1. The molecule has 7 rings (SSSR count). The maximum Gasteiger partial charge on any atom is 0.224 e. The number of H-pyrrole nitrogens is 2. The van der Waals surface area contributed by atoms with Crippen LogP contribution >= 0.6 is 0 Å². The molecule has 0 aromatic carbocycles. The molecule has 0 unspecified atom stereocenters. The number of anilines is 1. The summed E-state index contributed by atoms with van der Waals surface area (Å²) in [6, 6.07) is 11.9. The molecule has 0 atom stereocenters. The number of amides is 1. The van der Waals surface area contributed by atoms with Gasteiger partial charge in [0.1, 0.15) is 5.69 Å². The second-order valence-corrected chi connectivity index (χ2v) is 10.1. The third-order valence-electron chi connectivity index (χ3n) is 7.45. The lowest BCUT2D eigenvalue weighted by Crippen LogP contribution is -2.30. The van der Waals surface area contributed by atoms with E-state index in [2.05, 4.69) is 51.8 Å². The fourth-order valence-corrected chi connectivity index (χ4v) is 5.41. The number of carbonyl (C=O) groups is 1. The van der Waals surface area contributed by atoms with Crippen molar-refractivity contribution in [2.75, 3.05) is 18.4 Å². The standard InChI is InChI=1S/C30H27N9O/c40-28(11-18-1-6-31-7-2-18)36-21-12-20(15-33-16-21)25-13-23-27(17-35-25)38-39-30(23)26-14-22-24(37-26)5-10-34-29(22)19-3-8-32-9-4-19/h3-5,8-10,12-18,31,37H,1-2,6-7,11H2,(H,36,40)(H,38,39). The molecule has 0 bridgehead atoms. The number of pyridine rings is 4. The summed E-state index contributed by atoms with van der Waals surface area (Å²) >= 11 is 0. The molecular formula is C30H27N9O. The second-order valence-electron chi connectivity index (χ2n) is 10.1. The van der Waals surface area contributed by atoms with Crippen LogP contribution in [0.25, 0.3) is 55.7 Å². The van der Waals surface area contributed by atoms with Crippen LogP contribution in [0.3, 0.4) is 0 Å². The zero-order chi connectivity index (χ0) is 26.9. The molecule has 0 spiro atoms. The zero-order valence-corrected chi connectivity index (χ0v) is 21.7. The molecule has 40 heavy (non-hydrogen) atoms. The largest absolute Gasteiger partial charge is 0.353 e. The molecule has 6 aromatic heterocycles. The molecule has 6 aromatic rings. The first-order valence-corrected chi connectivity index (χ1v) is 13.4. The minimum Gasteiger partial charge on any atom is -0.353 e. The molecule has 198 valence electrons. The molecule has 1 saturated heterocycles. The first-order chi connectivity index (χ1) is 19.7. The second kappa shape index (κ2) is 10.3. The van der Waals surface area contributed by atoms with Crippen molar-refractivity contribution < 1.29 is 4.79 Å². The topological polar surface area (TPSA) is 137 Å². The van der Waals surface area contributed by atoms with E-state index in [1.807, 2.05) is 30.3 Å². The molecule has 0 saturated carbocycles. The van der Waals surface area contributed by atoms with Gasteiger partial charge in [-0.1, -0.05) is 0 Å². The van der Waals surface area contributed by atoms with Gasteiger partial charge in [-0.25, -0.2) is 0 Å². The van der Waals surface area contributed by atoms with Crippen LogP contribution < -0.4 is 10.6 Å². The third-order valence-corrected chi connectivity index (χ3v) is 7.45. The number of aromatic amines is 2. The molecule has 1 amide bonds. The fourth-order valence-electron chi connectivity index (χ4n) is 5.41. The van der Waals surface area contributed by atoms with Gasteiger partial charge >= 0.3 is 0 Å². The first-order valence-electron chi connectivity index (χ1n) is 13.4. The molecule has 0 aliphatic carbocycles. The smallest absolute Gasteiger partial charge is 0.224 e. The van der Waals surface area contributed by atoms with Crippen LogP contribution in [0.5, 0.6) is 0 Å². The number of nitrogens with zero attached hydrogens (tertiary/aromatic N) is 5. The number of carbonyl (C=O) groups excluding carboxylic acids is 1. The van der Waals surface area contributed by atoms with Crippen molar-refractivity contribution in [2.24, 2.45) is 5.92 Å². The van der Waals surface area contributed by atoms with E-state index in [0.29, 0.717) is 18.0 Å². The summed E-state index contributed by atoms with van der Waals surface area (Å²) < 4.78 is 0. The van der Waals surface area contributed by atoms with Gasteiger partial charge in [0.15, 0.2) is 0 Å². The van der Waals surface area contributed by atoms with E-state index in [1.165, 1.54) is 0 Å². The lowest BCUT2D eigenvalue weighted by Gasteiger charge is -2.21. The Hall–Kier alpha value is -4.96. The summed E-state index contributed by atoms with van der Waals surface area (Å²) in [4.78, 5) is 33.9. The highest BCUT2D eigenvalue weighted by molar-refractivity contribution is 6.00. The van der Waals surface area contributed by atoms with Crippen LogP contribution in [-0.2, 0) is 4.79 Å². The van der Waals surface area contributed by atoms with Crippen molar-refractivity contribution in [1.82, 2.24) is 40.4 Å². The summed E-state index contributed by atoms with van der Waals surface area (Å²) in [5, 5.41) is 16.0. The summed E-state index contributed by atoms with van der Waals surface area (Å²) in [5.74, 6) is 0.438. The predicted molar refractivity (Wildman–Crippen MR) is 154 cm³/mol. The molecule has 10 nitrogen and oxygen atoms in total. The molecule has 1 fully saturated rings. The van der Waals surface area contributed by atoms with Gasteiger partial charge in [-0.15, -0.1) is 0 Å². The van der Waals surface area contributed by atoms with Crippen molar-refractivity contribution in [3.05, 3.63) is 73.6 Å². The number of rotatable bonds is 6. The van der Waals surface area contributed by atoms with Gasteiger partial charge in [0.05, 0.1) is 40.7 Å². The van der Waals surface area contributed by atoms with Gasteiger partial charge in [0, 0.05) is 58.6 Å². The molecule has 7 heterocycles. The van der Waals surface area contributed by atoms with E-state index >= 15 is 0 Å². The van der Waals surface area contributed by atoms with Crippen LogP contribution in [0.2, 0.25) is 0 Å². The van der Waals surface area contributed by atoms with Crippen LogP contribution in [0.15, 0.2) is 73.6 Å². The van der Waals surface area contributed by atoms with Crippen molar-refractivity contribution in [3.63, 3.8) is 0 Å². The zero-order valence-electron chi connectivity index (χ0n) is 21.7. The van der Waals surface area contributed by atoms with E-state index in [0.717, 1.165) is 81.6 Å². The molecule has 10 heteroatoms. The lowest BCUT2D eigenvalue weighted by atomic mass is 9.94. The molecule has 1 aliphatic rings. The maximum atomic E-state index is 12.7. The van der Waals surface area contributed by atoms with E-state index < -0.39 is 0 Å². The van der Waals surface area contributed by atoms with Gasteiger partial charge in [-0.3, -0.25) is 29.8 Å². The number of hydrogen-bond donors (Lipinski definition) is 4. The van der Waals surface area contributed by atoms with Gasteiger partial charge in [0.25, 0.3) is 0 Å². The first kappa shape index (κ1) is 24.1. The highest BCUT2D eigenvalue weighted by Crippen LogP contribution is 2.34. The Kier molecular flexibility index (Phi) is 6.21. The summed E-state index contributed by atoms with van der Waals surface area (Å²) in [6.45, 7) is 1.95. The highest BCUT2D eigenvalue weighted by Gasteiger charge is 2.18. The Bertz CT molecular complexity index is 1820. The van der Waals surface area contributed by atoms with Crippen molar-refractivity contribution in [3.8, 4) is 33.9 Å². The van der Waals surface area contributed by atoms with Crippen LogP contribution in [0.4, 0.5) is 5.69 Å². The van der Waals surface area contributed by atoms with E-state index in [-0.39, 0.29) is 5.91 Å². The molecular weight excluding hydrogens is 502 g/mol. The Morgan fingerprint density at radius 2 is 1.70 bits per heavy atom. The predicted octanol–water partition coefficient (Wildman–Crippen LogP) is 4.95. The average Bonchev–Trinajstić information content (AvgIpc) is 3.62. The van der Waals surface area contributed by atoms with Crippen LogP contribution in [-0.4, -0.2) is 54.1 Å². The van der Waals surface area contributed by atoms with Crippen molar-refractivity contribution >= 4 is 33.4 Å². The van der Waals surface area contributed by atoms with Crippen LogP contribution in [0, 0.1) is 5.92 Å². The number of piperidine rings is 1. The summed E-state index contributed by atoms with van der Waals surface area (Å²) in [5.41, 5.74) is 7.56.